The molecule has 0 saturated carbocycles. The average Bonchev–Trinajstić information content (AvgIpc) is 3.10. The maximum atomic E-state index is 12.6. The molecule has 1 aromatic heterocycles. The predicted molar refractivity (Wildman–Crippen MR) is 103 cm³/mol. The number of hydrogen-bond donors (Lipinski definition) is 1. The van der Waals surface area contributed by atoms with Crippen LogP contribution in [0.1, 0.15) is 10.4 Å². The molecule has 0 saturated heterocycles. The predicted octanol–water partition coefficient (Wildman–Crippen LogP) is 4.44. The number of aromatic nitrogens is 1. The molecule has 3 rings (SSSR count). The van der Waals surface area contributed by atoms with Gasteiger partial charge in [-0.1, -0.05) is 23.2 Å². The van der Waals surface area contributed by atoms with Crippen LogP contribution in [0.2, 0.25) is 10.0 Å². The summed E-state index contributed by atoms with van der Waals surface area (Å²) in [5.41, 5.74) is 1.41. The summed E-state index contributed by atoms with van der Waals surface area (Å²) in [6.07, 6.45) is 4.69. The molecule has 0 radical (unpaired) electrons. The summed E-state index contributed by atoms with van der Waals surface area (Å²) in [7, 11) is -3.55. The van der Waals surface area contributed by atoms with Crippen LogP contribution in [0.3, 0.4) is 0 Å². The number of nitrogens with one attached hydrogen (secondary N) is 1. The van der Waals surface area contributed by atoms with Crippen LogP contribution < -0.4 is 5.32 Å². The summed E-state index contributed by atoms with van der Waals surface area (Å²) in [4.78, 5) is 12.5. The molecular weight excluding hydrogens is 395 g/mol. The van der Waals surface area contributed by atoms with E-state index in [1.807, 2.05) is 29.1 Å². The quantitative estimate of drug-likeness (QED) is 0.693. The van der Waals surface area contributed by atoms with Crippen LogP contribution in [0.25, 0.3) is 5.69 Å². The fraction of sp³-hybridized carbons (Fsp3) is 0.0556. The zero-order valence-corrected chi connectivity index (χ0v) is 15.9. The SMILES string of the molecule is CS(=O)(=O)c1cc(C(=O)Nc2ccc(Cl)cc2-n2cccc2)ccc1Cl. The molecule has 8 heteroatoms. The first-order valence-electron chi connectivity index (χ1n) is 7.49. The Morgan fingerprint density at radius 1 is 1.04 bits per heavy atom. The maximum absolute atomic E-state index is 12.6. The van der Waals surface area contributed by atoms with E-state index >= 15 is 0 Å². The van der Waals surface area contributed by atoms with Crippen LogP contribution in [-0.4, -0.2) is 25.1 Å². The number of rotatable bonds is 4. The van der Waals surface area contributed by atoms with E-state index < -0.39 is 15.7 Å². The smallest absolute Gasteiger partial charge is 0.255 e. The molecule has 2 aromatic carbocycles. The highest BCUT2D eigenvalue weighted by atomic mass is 35.5. The zero-order valence-electron chi connectivity index (χ0n) is 13.6. The summed E-state index contributed by atoms with van der Waals surface area (Å²) in [6.45, 7) is 0. The lowest BCUT2D eigenvalue weighted by Crippen LogP contribution is -2.14. The highest BCUT2D eigenvalue weighted by Gasteiger charge is 2.17. The first-order valence-corrected chi connectivity index (χ1v) is 10.1. The zero-order chi connectivity index (χ0) is 18.9. The Kier molecular flexibility index (Phi) is 5.09. The molecule has 3 aromatic rings. The molecule has 0 aliphatic rings. The maximum Gasteiger partial charge on any atom is 0.255 e. The minimum absolute atomic E-state index is 0.0728. The van der Waals surface area contributed by atoms with Crippen LogP contribution >= 0.6 is 23.2 Å². The number of nitrogens with zero attached hydrogens (tertiary/aromatic N) is 1. The molecule has 5 nitrogen and oxygen atoms in total. The second kappa shape index (κ2) is 7.15. The third kappa shape index (κ3) is 3.93. The van der Waals surface area contributed by atoms with Gasteiger partial charge in [0.1, 0.15) is 0 Å². The Labute approximate surface area is 161 Å². The van der Waals surface area contributed by atoms with E-state index in [9.17, 15) is 13.2 Å². The topological polar surface area (TPSA) is 68.2 Å². The first kappa shape index (κ1) is 18.5. The van der Waals surface area contributed by atoms with Crippen LogP contribution in [0.4, 0.5) is 5.69 Å². The van der Waals surface area contributed by atoms with E-state index in [-0.39, 0.29) is 15.5 Å². The molecule has 0 atom stereocenters. The Hall–Kier alpha value is -2.28. The Morgan fingerprint density at radius 2 is 1.73 bits per heavy atom. The van der Waals surface area contributed by atoms with E-state index in [2.05, 4.69) is 5.32 Å². The average molecular weight is 409 g/mol. The van der Waals surface area contributed by atoms with Crippen LogP contribution in [-0.2, 0) is 9.84 Å². The van der Waals surface area contributed by atoms with Crippen molar-refractivity contribution >= 4 is 44.6 Å². The summed E-state index contributed by atoms with van der Waals surface area (Å²) < 4.78 is 25.4. The van der Waals surface area contributed by atoms with Crippen molar-refractivity contribution in [3.05, 3.63) is 76.5 Å². The molecule has 0 unspecified atom stereocenters. The highest BCUT2D eigenvalue weighted by molar-refractivity contribution is 7.90. The molecular formula is C18H14Cl2N2O3S. The normalized spacial score (nSPS) is 11.3. The van der Waals surface area contributed by atoms with Crippen molar-refractivity contribution in [2.24, 2.45) is 0 Å². The third-order valence-electron chi connectivity index (χ3n) is 3.68. The monoisotopic (exact) mass is 408 g/mol. The highest BCUT2D eigenvalue weighted by Crippen LogP contribution is 2.27. The summed E-state index contributed by atoms with van der Waals surface area (Å²) in [5, 5.41) is 3.38. The van der Waals surface area contributed by atoms with E-state index in [0.29, 0.717) is 16.4 Å². The molecule has 134 valence electrons. The van der Waals surface area contributed by atoms with E-state index in [1.54, 1.807) is 18.2 Å². The van der Waals surface area contributed by atoms with Gasteiger partial charge in [0, 0.05) is 29.2 Å². The lowest BCUT2D eigenvalue weighted by Gasteiger charge is -2.13. The van der Waals surface area contributed by atoms with E-state index in [1.165, 1.54) is 18.2 Å². The van der Waals surface area contributed by atoms with Crippen molar-refractivity contribution in [1.82, 2.24) is 4.57 Å². The Bertz CT molecular complexity index is 1080. The summed E-state index contributed by atoms with van der Waals surface area (Å²) >= 11 is 12.0. The number of halogens is 2. The number of benzene rings is 2. The lowest BCUT2D eigenvalue weighted by atomic mass is 10.2. The van der Waals surface area contributed by atoms with Crippen molar-refractivity contribution in [3.8, 4) is 5.69 Å². The number of carbonyl (C=O) groups is 1. The van der Waals surface area contributed by atoms with Gasteiger partial charge in [-0.2, -0.15) is 0 Å². The fourth-order valence-electron chi connectivity index (χ4n) is 2.44. The van der Waals surface area contributed by atoms with Gasteiger partial charge in [-0.25, -0.2) is 8.42 Å². The molecule has 1 heterocycles. The van der Waals surface area contributed by atoms with Gasteiger partial charge in [0.25, 0.3) is 5.91 Å². The second-order valence-electron chi connectivity index (χ2n) is 5.62. The fourth-order valence-corrected chi connectivity index (χ4v) is 3.91. The molecule has 0 fully saturated rings. The third-order valence-corrected chi connectivity index (χ3v) is 5.50. The van der Waals surface area contributed by atoms with Crippen molar-refractivity contribution in [2.45, 2.75) is 4.90 Å². The molecule has 0 aliphatic heterocycles. The van der Waals surface area contributed by atoms with Crippen LogP contribution in [0, 0.1) is 0 Å². The summed E-state index contributed by atoms with van der Waals surface area (Å²) in [5.74, 6) is -0.456. The largest absolute Gasteiger partial charge is 0.322 e. The Balaban J connectivity index is 1.97. The number of hydrogen-bond acceptors (Lipinski definition) is 3. The van der Waals surface area contributed by atoms with Crippen molar-refractivity contribution in [3.63, 3.8) is 0 Å². The standard InChI is InChI=1S/C18H14Cl2N2O3S/c1-26(24,25)17-10-12(4-6-14(17)20)18(23)21-15-7-5-13(19)11-16(15)22-8-2-3-9-22/h2-11H,1H3,(H,21,23). The number of carbonyl (C=O) groups excluding carboxylic acids is 1. The minimum atomic E-state index is -3.55. The van der Waals surface area contributed by atoms with Crippen molar-refractivity contribution in [2.75, 3.05) is 11.6 Å². The molecule has 26 heavy (non-hydrogen) atoms. The van der Waals surface area contributed by atoms with Gasteiger partial charge >= 0.3 is 0 Å². The number of amides is 1. The molecule has 0 aliphatic carbocycles. The van der Waals surface area contributed by atoms with E-state index in [4.69, 9.17) is 23.2 Å². The van der Waals surface area contributed by atoms with Gasteiger partial charge in [-0.3, -0.25) is 4.79 Å². The molecule has 0 bridgehead atoms. The van der Waals surface area contributed by atoms with Crippen molar-refractivity contribution in [1.29, 1.82) is 0 Å². The summed E-state index contributed by atoms with van der Waals surface area (Å²) in [6, 6.07) is 12.9. The number of anilines is 1. The van der Waals surface area contributed by atoms with E-state index in [0.717, 1.165) is 6.26 Å². The van der Waals surface area contributed by atoms with Crippen LogP contribution in [0.15, 0.2) is 65.8 Å². The van der Waals surface area contributed by atoms with Gasteiger partial charge in [0.15, 0.2) is 9.84 Å². The van der Waals surface area contributed by atoms with Gasteiger partial charge in [-0.05, 0) is 48.5 Å². The molecule has 1 amide bonds. The van der Waals surface area contributed by atoms with Gasteiger partial charge in [0.05, 0.1) is 21.3 Å². The van der Waals surface area contributed by atoms with Gasteiger partial charge in [-0.15, -0.1) is 0 Å². The minimum Gasteiger partial charge on any atom is -0.322 e. The second-order valence-corrected chi connectivity index (χ2v) is 8.45. The molecule has 1 N–H and O–H groups in total. The van der Waals surface area contributed by atoms with Gasteiger partial charge in [0.2, 0.25) is 0 Å². The Morgan fingerprint density at radius 3 is 2.38 bits per heavy atom. The van der Waals surface area contributed by atoms with Gasteiger partial charge < -0.3 is 9.88 Å². The van der Waals surface area contributed by atoms with Crippen molar-refractivity contribution < 1.29 is 13.2 Å². The number of sulfone groups is 1. The van der Waals surface area contributed by atoms with Crippen LogP contribution in [0.5, 0.6) is 0 Å². The molecule has 0 spiro atoms. The lowest BCUT2D eigenvalue weighted by molar-refractivity contribution is 0.102. The first-order chi connectivity index (χ1) is 12.3.